The fourth-order valence-corrected chi connectivity index (χ4v) is 3.50. The maximum Gasteiger partial charge on any atom is 0.317 e. The Bertz CT molecular complexity index is 540. The molecule has 2 aliphatic rings. The van der Waals surface area contributed by atoms with Gasteiger partial charge in [0.2, 0.25) is 0 Å². The molecule has 1 saturated heterocycles. The number of fused-ring (bicyclic) bond motifs is 1. The van der Waals surface area contributed by atoms with E-state index in [2.05, 4.69) is 12.2 Å². The summed E-state index contributed by atoms with van der Waals surface area (Å²) in [5.41, 5.74) is 3.51. The van der Waals surface area contributed by atoms with Gasteiger partial charge in [0.15, 0.2) is 0 Å². The summed E-state index contributed by atoms with van der Waals surface area (Å²) in [5, 5.41) is 7.75. The Morgan fingerprint density at radius 2 is 2.32 bits per heavy atom. The highest BCUT2D eigenvalue weighted by Crippen LogP contribution is 2.34. The van der Waals surface area contributed by atoms with Gasteiger partial charge in [0.25, 0.3) is 0 Å². The van der Waals surface area contributed by atoms with Gasteiger partial charge in [0.05, 0.1) is 24.9 Å². The quantitative estimate of drug-likeness (QED) is 0.931. The molecule has 3 heterocycles. The molecule has 0 radical (unpaired) electrons. The van der Waals surface area contributed by atoms with E-state index in [9.17, 15) is 4.79 Å². The van der Waals surface area contributed by atoms with E-state index in [1.807, 2.05) is 16.6 Å². The van der Waals surface area contributed by atoms with E-state index < -0.39 is 0 Å². The summed E-state index contributed by atoms with van der Waals surface area (Å²) < 4.78 is 7.61. The van der Waals surface area contributed by atoms with Crippen LogP contribution in [-0.2, 0) is 24.8 Å². The molecule has 22 heavy (non-hydrogen) atoms. The van der Waals surface area contributed by atoms with Crippen molar-refractivity contribution < 1.29 is 9.53 Å². The number of carbonyl (C=O) groups is 1. The Morgan fingerprint density at radius 1 is 1.45 bits per heavy atom. The Kier molecular flexibility index (Phi) is 4.66. The minimum absolute atomic E-state index is 0.0441. The van der Waals surface area contributed by atoms with Gasteiger partial charge in [-0.15, -0.1) is 0 Å². The molecule has 0 aromatic carbocycles. The molecule has 3 rings (SSSR count). The van der Waals surface area contributed by atoms with Crippen LogP contribution in [0.2, 0.25) is 0 Å². The molecule has 6 heteroatoms. The number of amides is 2. The molecule has 1 fully saturated rings. The molecule has 6 nitrogen and oxygen atoms in total. The molecule has 1 unspecified atom stereocenters. The number of carbonyl (C=O) groups excluding carboxylic acids is 1. The van der Waals surface area contributed by atoms with Gasteiger partial charge in [-0.05, 0) is 25.7 Å². The summed E-state index contributed by atoms with van der Waals surface area (Å²) >= 11 is 0. The maximum atomic E-state index is 12.5. The highest BCUT2D eigenvalue weighted by molar-refractivity contribution is 5.74. The van der Waals surface area contributed by atoms with Crippen molar-refractivity contribution in [2.45, 2.75) is 51.7 Å². The zero-order valence-electron chi connectivity index (χ0n) is 13.6. The molecule has 1 N–H and O–H groups in total. The van der Waals surface area contributed by atoms with Crippen LogP contribution >= 0.6 is 0 Å². The lowest BCUT2D eigenvalue weighted by Crippen LogP contribution is -2.45. The molecule has 0 aliphatic carbocycles. The molecule has 2 amide bonds. The number of aromatic nitrogens is 2. The number of likely N-dealkylation sites (tertiary alicyclic amines) is 1. The summed E-state index contributed by atoms with van der Waals surface area (Å²) in [6.07, 6.45) is 5.07. The van der Waals surface area contributed by atoms with Gasteiger partial charge in [-0.2, -0.15) is 5.10 Å². The van der Waals surface area contributed by atoms with Crippen molar-refractivity contribution >= 4 is 6.03 Å². The average Bonchev–Trinajstić information content (AvgIpc) is 2.90. The standard InChI is InChI=1S/C16H26N4O2/c1-3-8-17-16(21)20-9-5-4-6-14(20)15-12-11-22-10-7-13(12)19(2)18-15/h14H,3-11H2,1-2H3,(H,17,21). The Balaban J connectivity index is 1.86. The van der Waals surface area contributed by atoms with Gasteiger partial charge in [0.1, 0.15) is 0 Å². The topological polar surface area (TPSA) is 59.4 Å². The first-order chi connectivity index (χ1) is 10.7. The predicted molar refractivity (Wildman–Crippen MR) is 83.6 cm³/mol. The van der Waals surface area contributed by atoms with Crippen LogP contribution in [0.4, 0.5) is 4.79 Å². The normalized spacial score (nSPS) is 21.5. The van der Waals surface area contributed by atoms with Crippen LogP contribution in [0.3, 0.4) is 0 Å². The van der Waals surface area contributed by atoms with Crippen molar-refractivity contribution in [3.63, 3.8) is 0 Å². The number of urea groups is 1. The molecular weight excluding hydrogens is 280 g/mol. The van der Waals surface area contributed by atoms with Crippen molar-refractivity contribution in [1.29, 1.82) is 0 Å². The smallest absolute Gasteiger partial charge is 0.317 e. The Labute approximate surface area is 131 Å². The van der Waals surface area contributed by atoms with Crippen LogP contribution in [0.25, 0.3) is 0 Å². The number of ether oxygens (including phenoxy) is 1. The third-order valence-corrected chi connectivity index (χ3v) is 4.64. The average molecular weight is 306 g/mol. The summed E-state index contributed by atoms with van der Waals surface area (Å²) in [6.45, 7) is 5.00. The molecule has 0 spiro atoms. The molecule has 1 aromatic rings. The van der Waals surface area contributed by atoms with E-state index in [4.69, 9.17) is 9.84 Å². The van der Waals surface area contributed by atoms with E-state index in [0.29, 0.717) is 6.61 Å². The third-order valence-electron chi connectivity index (χ3n) is 4.64. The fraction of sp³-hybridized carbons (Fsp3) is 0.750. The number of hydrogen-bond donors (Lipinski definition) is 1. The fourth-order valence-electron chi connectivity index (χ4n) is 3.50. The highest BCUT2D eigenvalue weighted by atomic mass is 16.5. The van der Waals surface area contributed by atoms with Crippen LogP contribution in [-0.4, -0.2) is 40.4 Å². The number of aryl methyl sites for hydroxylation is 1. The van der Waals surface area contributed by atoms with Gasteiger partial charge < -0.3 is 15.0 Å². The first kappa shape index (κ1) is 15.3. The van der Waals surface area contributed by atoms with E-state index in [-0.39, 0.29) is 12.1 Å². The van der Waals surface area contributed by atoms with Crippen molar-refractivity contribution in [1.82, 2.24) is 20.0 Å². The second-order valence-corrected chi connectivity index (χ2v) is 6.17. The molecular formula is C16H26N4O2. The van der Waals surface area contributed by atoms with Gasteiger partial charge in [-0.1, -0.05) is 6.92 Å². The van der Waals surface area contributed by atoms with Crippen LogP contribution in [0.1, 0.15) is 55.6 Å². The SMILES string of the molecule is CCCNC(=O)N1CCCCC1c1nn(C)c2c1COCC2. The lowest BCUT2D eigenvalue weighted by atomic mass is 9.95. The minimum Gasteiger partial charge on any atom is -0.376 e. The van der Waals surface area contributed by atoms with Crippen LogP contribution < -0.4 is 5.32 Å². The van der Waals surface area contributed by atoms with Crippen LogP contribution in [0.15, 0.2) is 0 Å². The lowest BCUT2D eigenvalue weighted by Gasteiger charge is -2.35. The van der Waals surface area contributed by atoms with Crippen molar-refractivity contribution in [2.24, 2.45) is 7.05 Å². The number of nitrogens with one attached hydrogen (secondary N) is 1. The van der Waals surface area contributed by atoms with E-state index >= 15 is 0 Å². The van der Waals surface area contributed by atoms with E-state index in [1.54, 1.807) is 0 Å². The zero-order valence-corrected chi connectivity index (χ0v) is 13.6. The van der Waals surface area contributed by atoms with Crippen LogP contribution in [0.5, 0.6) is 0 Å². The highest BCUT2D eigenvalue weighted by Gasteiger charge is 2.33. The Morgan fingerprint density at radius 3 is 3.14 bits per heavy atom. The second kappa shape index (κ2) is 6.69. The van der Waals surface area contributed by atoms with E-state index in [1.165, 1.54) is 11.3 Å². The maximum absolute atomic E-state index is 12.5. The summed E-state index contributed by atoms with van der Waals surface area (Å²) in [4.78, 5) is 14.4. The molecule has 0 bridgehead atoms. The van der Waals surface area contributed by atoms with Crippen molar-refractivity contribution in [3.8, 4) is 0 Å². The molecule has 1 aromatic heterocycles. The van der Waals surface area contributed by atoms with Gasteiger partial charge in [-0.3, -0.25) is 4.68 Å². The van der Waals surface area contributed by atoms with E-state index in [0.717, 1.165) is 57.5 Å². The van der Waals surface area contributed by atoms with Crippen molar-refractivity contribution in [3.05, 3.63) is 17.0 Å². The largest absolute Gasteiger partial charge is 0.376 e. The number of hydrogen-bond acceptors (Lipinski definition) is 3. The lowest BCUT2D eigenvalue weighted by molar-refractivity contribution is 0.105. The second-order valence-electron chi connectivity index (χ2n) is 6.17. The molecule has 1 atom stereocenters. The summed E-state index contributed by atoms with van der Waals surface area (Å²) in [7, 11) is 2.00. The summed E-state index contributed by atoms with van der Waals surface area (Å²) in [6, 6.07) is 0.130. The molecule has 122 valence electrons. The number of nitrogens with zero attached hydrogens (tertiary/aromatic N) is 3. The number of piperidine rings is 1. The minimum atomic E-state index is 0.0441. The number of rotatable bonds is 3. The molecule has 0 saturated carbocycles. The first-order valence-electron chi connectivity index (χ1n) is 8.39. The van der Waals surface area contributed by atoms with Crippen molar-refractivity contribution in [2.75, 3.05) is 19.7 Å². The van der Waals surface area contributed by atoms with Gasteiger partial charge in [-0.25, -0.2) is 4.79 Å². The predicted octanol–water partition coefficient (Wildman–Crippen LogP) is 2.14. The van der Waals surface area contributed by atoms with Gasteiger partial charge >= 0.3 is 6.03 Å². The zero-order chi connectivity index (χ0) is 15.5. The first-order valence-corrected chi connectivity index (χ1v) is 8.39. The van der Waals surface area contributed by atoms with Gasteiger partial charge in [0, 0.05) is 37.8 Å². The monoisotopic (exact) mass is 306 g/mol. The molecule has 2 aliphatic heterocycles. The van der Waals surface area contributed by atoms with Crippen LogP contribution in [0, 0.1) is 0 Å². The Hall–Kier alpha value is -1.56. The third kappa shape index (κ3) is 2.84. The summed E-state index contributed by atoms with van der Waals surface area (Å²) in [5.74, 6) is 0.